The molecule has 1 heterocycles. The third kappa shape index (κ3) is 5.04. The number of para-hydroxylation sites is 1. The van der Waals surface area contributed by atoms with Gasteiger partial charge in [-0.05, 0) is 42.0 Å². The number of rotatable bonds is 9. The van der Waals surface area contributed by atoms with Gasteiger partial charge in [-0.1, -0.05) is 43.3 Å². The number of hydrogen-bond donors (Lipinski definition) is 0. The second kappa shape index (κ2) is 10.4. The molecule has 0 N–H and O–H groups in total. The van der Waals surface area contributed by atoms with Crippen molar-refractivity contribution in [3.8, 4) is 28.1 Å². The summed E-state index contributed by atoms with van der Waals surface area (Å²) in [5.74, 6) is 0.422. The molecule has 4 rings (SSSR count). The van der Waals surface area contributed by atoms with Crippen LogP contribution in [0.15, 0.2) is 72.8 Å². The molecule has 0 amide bonds. The quantitative estimate of drug-likeness (QED) is 0.286. The highest BCUT2D eigenvalue weighted by molar-refractivity contribution is 5.94. The van der Waals surface area contributed by atoms with Gasteiger partial charge >= 0.3 is 0 Å². The zero-order chi connectivity index (χ0) is 24.1. The lowest BCUT2D eigenvalue weighted by Crippen LogP contribution is -2.06. The molecule has 3 aromatic carbocycles. The Morgan fingerprint density at radius 1 is 0.853 bits per heavy atom. The van der Waals surface area contributed by atoms with Crippen LogP contribution < -0.4 is 4.74 Å². The second-order valence-corrected chi connectivity index (χ2v) is 8.20. The Kier molecular flexibility index (Phi) is 7.12. The van der Waals surface area contributed by atoms with Gasteiger partial charge in [0.25, 0.3) is 0 Å². The number of Topliss-reactive ketones (excluding diaryl/α,β-unsaturated/α-hetero) is 2. The number of aromatic nitrogens is 1. The highest BCUT2D eigenvalue weighted by atomic mass is 19.1. The van der Waals surface area contributed by atoms with E-state index in [1.807, 2.05) is 48.5 Å². The Morgan fingerprint density at radius 3 is 2.29 bits per heavy atom. The Morgan fingerprint density at radius 2 is 1.56 bits per heavy atom. The van der Waals surface area contributed by atoms with Crippen LogP contribution in [-0.2, 0) is 16.0 Å². The standard InChI is InChI=1S/C29H26FNO3/c1-3-21(32)13-14-22(33)17-19-12-15-27-20(16-19)18-25(23-8-4-6-10-26(23)30)29(31-27)24-9-5-7-11-28(24)34-2/h4-12,15-16,18H,3,13-14,17H2,1-2H3. The number of pyridine rings is 1. The van der Waals surface area contributed by atoms with E-state index in [1.165, 1.54) is 6.07 Å². The minimum atomic E-state index is -0.341. The predicted molar refractivity (Wildman–Crippen MR) is 132 cm³/mol. The number of carbonyl (C=O) groups is 2. The number of ether oxygens (including phenoxy) is 1. The fraction of sp³-hybridized carbons (Fsp3) is 0.207. The normalized spacial score (nSPS) is 10.9. The Hall–Kier alpha value is -3.86. The molecule has 1 aromatic heterocycles. The van der Waals surface area contributed by atoms with Crippen molar-refractivity contribution in [1.82, 2.24) is 4.98 Å². The molecule has 0 fully saturated rings. The van der Waals surface area contributed by atoms with Crippen molar-refractivity contribution in [1.29, 1.82) is 0 Å². The number of benzene rings is 3. The van der Waals surface area contributed by atoms with Crippen LogP contribution in [0.4, 0.5) is 4.39 Å². The molecule has 4 nitrogen and oxygen atoms in total. The molecule has 4 aromatic rings. The van der Waals surface area contributed by atoms with Gasteiger partial charge in [-0.25, -0.2) is 9.37 Å². The van der Waals surface area contributed by atoms with Crippen LogP contribution in [-0.4, -0.2) is 23.7 Å². The van der Waals surface area contributed by atoms with Gasteiger partial charge in [0, 0.05) is 47.8 Å². The van der Waals surface area contributed by atoms with Crippen LogP contribution in [0.3, 0.4) is 0 Å². The van der Waals surface area contributed by atoms with Gasteiger partial charge in [0.1, 0.15) is 23.1 Å². The van der Waals surface area contributed by atoms with E-state index >= 15 is 0 Å². The van der Waals surface area contributed by atoms with E-state index in [9.17, 15) is 14.0 Å². The molecule has 172 valence electrons. The van der Waals surface area contributed by atoms with Gasteiger partial charge < -0.3 is 4.74 Å². The van der Waals surface area contributed by atoms with Crippen LogP contribution in [0.25, 0.3) is 33.3 Å². The average molecular weight is 456 g/mol. The van der Waals surface area contributed by atoms with E-state index in [2.05, 4.69) is 0 Å². The lowest BCUT2D eigenvalue weighted by Gasteiger charge is -2.15. The van der Waals surface area contributed by atoms with Crippen molar-refractivity contribution < 1.29 is 18.7 Å². The predicted octanol–water partition coefficient (Wildman–Crippen LogP) is 6.59. The Balaban J connectivity index is 1.79. The van der Waals surface area contributed by atoms with E-state index in [1.54, 1.807) is 32.2 Å². The minimum absolute atomic E-state index is 0.0223. The number of ketones is 2. The molecule has 0 radical (unpaired) electrons. The summed E-state index contributed by atoms with van der Waals surface area (Å²) in [4.78, 5) is 28.8. The first-order chi connectivity index (χ1) is 16.5. The topological polar surface area (TPSA) is 56.3 Å². The summed E-state index contributed by atoms with van der Waals surface area (Å²) in [5, 5.41) is 0.812. The second-order valence-electron chi connectivity index (χ2n) is 8.20. The number of halogens is 1. The molecule has 0 atom stereocenters. The van der Waals surface area contributed by atoms with Crippen LogP contribution in [0.1, 0.15) is 31.7 Å². The molecular formula is C29H26FNO3. The maximum absolute atomic E-state index is 14.9. The van der Waals surface area contributed by atoms with Gasteiger partial charge in [0.15, 0.2) is 0 Å². The molecule has 0 bridgehead atoms. The van der Waals surface area contributed by atoms with Crippen molar-refractivity contribution in [2.45, 2.75) is 32.6 Å². The summed E-state index contributed by atoms with van der Waals surface area (Å²) in [6, 6.07) is 21.7. The fourth-order valence-corrected chi connectivity index (χ4v) is 4.04. The molecule has 0 saturated heterocycles. The van der Waals surface area contributed by atoms with E-state index in [4.69, 9.17) is 9.72 Å². The minimum Gasteiger partial charge on any atom is -0.496 e. The van der Waals surface area contributed by atoms with Crippen molar-refractivity contribution in [2.24, 2.45) is 0 Å². The monoisotopic (exact) mass is 455 g/mol. The highest BCUT2D eigenvalue weighted by Crippen LogP contribution is 2.38. The zero-order valence-electron chi connectivity index (χ0n) is 19.3. The van der Waals surface area contributed by atoms with Gasteiger partial charge in [-0.15, -0.1) is 0 Å². The van der Waals surface area contributed by atoms with Gasteiger partial charge in [0.2, 0.25) is 0 Å². The SMILES string of the molecule is CCC(=O)CCC(=O)Cc1ccc2nc(-c3ccccc3OC)c(-c3ccccc3F)cc2c1. The van der Waals surface area contributed by atoms with Crippen LogP contribution in [0.5, 0.6) is 5.75 Å². The smallest absolute Gasteiger partial charge is 0.137 e. The number of fused-ring (bicyclic) bond motifs is 1. The van der Waals surface area contributed by atoms with E-state index in [-0.39, 0.29) is 36.6 Å². The summed E-state index contributed by atoms with van der Waals surface area (Å²) in [6.07, 6.45) is 1.22. The number of carbonyl (C=O) groups excluding carboxylic acids is 2. The van der Waals surface area contributed by atoms with Crippen molar-refractivity contribution in [3.05, 3.63) is 84.2 Å². The van der Waals surface area contributed by atoms with Crippen molar-refractivity contribution >= 4 is 22.5 Å². The lowest BCUT2D eigenvalue weighted by molar-refractivity contribution is -0.123. The maximum Gasteiger partial charge on any atom is 0.137 e. The molecular weight excluding hydrogens is 429 g/mol. The maximum atomic E-state index is 14.9. The first kappa shape index (κ1) is 23.3. The summed E-state index contributed by atoms with van der Waals surface area (Å²) in [7, 11) is 1.60. The Bertz CT molecular complexity index is 1360. The molecule has 5 heteroatoms. The van der Waals surface area contributed by atoms with Gasteiger partial charge in [0.05, 0.1) is 18.3 Å². The van der Waals surface area contributed by atoms with E-state index in [0.717, 1.165) is 22.0 Å². The number of hydrogen-bond acceptors (Lipinski definition) is 4. The van der Waals surface area contributed by atoms with E-state index < -0.39 is 0 Å². The average Bonchev–Trinajstić information content (AvgIpc) is 2.86. The molecule has 0 saturated carbocycles. The van der Waals surface area contributed by atoms with Crippen molar-refractivity contribution in [3.63, 3.8) is 0 Å². The zero-order valence-corrected chi connectivity index (χ0v) is 19.3. The molecule has 0 unspecified atom stereocenters. The lowest BCUT2D eigenvalue weighted by atomic mass is 9.95. The number of nitrogens with zero attached hydrogens (tertiary/aromatic N) is 1. The van der Waals surface area contributed by atoms with Crippen molar-refractivity contribution in [2.75, 3.05) is 7.11 Å². The van der Waals surface area contributed by atoms with Gasteiger partial charge in [-0.2, -0.15) is 0 Å². The largest absolute Gasteiger partial charge is 0.496 e. The van der Waals surface area contributed by atoms with E-state index in [0.29, 0.717) is 29.0 Å². The molecule has 34 heavy (non-hydrogen) atoms. The summed E-state index contributed by atoms with van der Waals surface area (Å²) >= 11 is 0. The molecule has 0 aliphatic heterocycles. The fourth-order valence-electron chi connectivity index (χ4n) is 4.04. The molecule has 0 spiro atoms. The third-order valence-corrected chi connectivity index (χ3v) is 5.88. The summed E-state index contributed by atoms with van der Waals surface area (Å²) in [6.45, 7) is 1.80. The first-order valence-electron chi connectivity index (χ1n) is 11.4. The molecule has 0 aliphatic rings. The van der Waals surface area contributed by atoms with Gasteiger partial charge in [-0.3, -0.25) is 9.59 Å². The Labute approximate surface area is 198 Å². The number of methoxy groups -OCH3 is 1. The summed E-state index contributed by atoms with van der Waals surface area (Å²) in [5.41, 5.74) is 4.05. The van der Waals surface area contributed by atoms with Crippen LogP contribution in [0.2, 0.25) is 0 Å². The summed E-state index contributed by atoms with van der Waals surface area (Å²) < 4.78 is 20.4. The third-order valence-electron chi connectivity index (χ3n) is 5.88. The van der Waals surface area contributed by atoms with Crippen LogP contribution in [0, 0.1) is 5.82 Å². The molecule has 0 aliphatic carbocycles. The van der Waals surface area contributed by atoms with Crippen LogP contribution >= 0.6 is 0 Å². The first-order valence-corrected chi connectivity index (χ1v) is 11.4. The highest BCUT2D eigenvalue weighted by Gasteiger charge is 2.17.